The fourth-order valence-electron chi connectivity index (χ4n) is 2.35. The summed E-state index contributed by atoms with van der Waals surface area (Å²) in [6.45, 7) is 3.92. The Morgan fingerprint density at radius 2 is 1.88 bits per heavy atom. The zero-order valence-electron chi connectivity index (χ0n) is 10.5. The molecule has 0 unspecified atom stereocenters. The molecule has 3 atom stereocenters. The van der Waals surface area contributed by atoms with Gasteiger partial charge < -0.3 is 0 Å². The summed E-state index contributed by atoms with van der Waals surface area (Å²) in [7, 11) is -0.804. The van der Waals surface area contributed by atoms with Crippen molar-refractivity contribution in [3.8, 4) is 0 Å². The van der Waals surface area contributed by atoms with Crippen LogP contribution in [0.2, 0.25) is 0 Å². The Hall–Kier alpha value is -0.870. The molecule has 1 fully saturated rings. The maximum atomic E-state index is 11.5. The molecular weight excluding hydrogens is 234 g/mol. The lowest BCUT2D eigenvalue weighted by Crippen LogP contribution is -2.58. The first-order chi connectivity index (χ1) is 7.93. The molecule has 1 aliphatic heterocycles. The van der Waals surface area contributed by atoms with Gasteiger partial charge in [-0.3, -0.25) is 4.90 Å². The molecule has 1 aromatic rings. The number of benzene rings is 1. The Bertz CT molecular complexity index is 483. The molecule has 0 amide bonds. The summed E-state index contributed by atoms with van der Waals surface area (Å²) in [5.74, 6) is 0.293. The molecule has 1 aliphatic rings. The topological polar surface area (TPSA) is 37.4 Å². The second-order valence-electron chi connectivity index (χ2n) is 4.85. The maximum absolute atomic E-state index is 11.5. The van der Waals surface area contributed by atoms with Gasteiger partial charge in [0.25, 0.3) is 0 Å². The molecule has 0 radical (unpaired) electrons. The van der Waals surface area contributed by atoms with Crippen LogP contribution >= 0.6 is 0 Å². The zero-order valence-corrected chi connectivity index (χ0v) is 11.3. The van der Waals surface area contributed by atoms with Crippen LogP contribution in [-0.4, -0.2) is 37.4 Å². The van der Waals surface area contributed by atoms with Crippen LogP contribution in [0.1, 0.15) is 25.5 Å². The molecular formula is C13H19NO2S. The highest BCUT2D eigenvalue weighted by atomic mass is 32.2. The smallest absolute Gasteiger partial charge is 0.156 e. The third kappa shape index (κ3) is 2.24. The van der Waals surface area contributed by atoms with E-state index in [-0.39, 0.29) is 17.3 Å². The predicted octanol–water partition coefficient (Wildman–Crippen LogP) is 1.86. The van der Waals surface area contributed by atoms with Gasteiger partial charge in [-0.05, 0) is 26.5 Å². The minimum absolute atomic E-state index is 0.148. The fourth-order valence-corrected chi connectivity index (χ4v) is 4.06. The summed E-state index contributed by atoms with van der Waals surface area (Å²) in [6.07, 6.45) is 0. The lowest BCUT2D eigenvalue weighted by Gasteiger charge is -2.43. The summed E-state index contributed by atoms with van der Waals surface area (Å²) < 4.78 is 22.9. The van der Waals surface area contributed by atoms with E-state index in [1.54, 1.807) is 6.92 Å². The number of hydrogen-bond acceptors (Lipinski definition) is 3. The van der Waals surface area contributed by atoms with E-state index in [4.69, 9.17) is 0 Å². The molecule has 0 saturated carbocycles. The van der Waals surface area contributed by atoms with Gasteiger partial charge in [-0.2, -0.15) is 0 Å². The largest absolute Gasteiger partial charge is 0.294 e. The van der Waals surface area contributed by atoms with E-state index in [1.807, 2.05) is 25.2 Å². The molecule has 0 bridgehead atoms. The SMILES string of the molecule is C[C@@H](c1ccccc1)N(C)[C@@H]1CS(=O)(=O)[C@H]1C. The van der Waals surface area contributed by atoms with Crippen molar-refractivity contribution in [2.45, 2.75) is 31.2 Å². The zero-order chi connectivity index (χ0) is 12.6. The van der Waals surface area contributed by atoms with Crippen molar-refractivity contribution in [3.63, 3.8) is 0 Å². The minimum Gasteiger partial charge on any atom is -0.294 e. The van der Waals surface area contributed by atoms with Gasteiger partial charge in [0.2, 0.25) is 0 Å². The van der Waals surface area contributed by atoms with Crippen LogP contribution < -0.4 is 0 Å². The van der Waals surface area contributed by atoms with E-state index in [0.717, 1.165) is 0 Å². The van der Waals surface area contributed by atoms with Crippen molar-refractivity contribution < 1.29 is 8.42 Å². The van der Waals surface area contributed by atoms with E-state index in [2.05, 4.69) is 24.0 Å². The summed E-state index contributed by atoms with van der Waals surface area (Å²) >= 11 is 0. The highest BCUT2D eigenvalue weighted by Gasteiger charge is 2.45. The van der Waals surface area contributed by atoms with Crippen molar-refractivity contribution in [3.05, 3.63) is 35.9 Å². The van der Waals surface area contributed by atoms with Gasteiger partial charge >= 0.3 is 0 Å². The van der Waals surface area contributed by atoms with Crippen LogP contribution in [0.5, 0.6) is 0 Å². The molecule has 94 valence electrons. The van der Waals surface area contributed by atoms with Crippen molar-refractivity contribution in [2.75, 3.05) is 12.8 Å². The highest BCUT2D eigenvalue weighted by molar-refractivity contribution is 7.93. The normalized spacial score (nSPS) is 28.7. The van der Waals surface area contributed by atoms with Gasteiger partial charge in [0, 0.05) is 12.1 Å². The summed E-state index contributed by atoms with van der Waals surface area (Å²) in [4.78, 5) is 2.17. The molecule has 3 nitrogen and oxygen atoms in total. The minimum atomic E-state index is -2.81. The second-order valence-corrected chi connectivity index (χ2v) is 7.26. The molecule has 1 saturated heterocycles. The molecule has 0 spiro atoms. The van der Waals surface area contributed by atoms with Gasteiger partial charge in [0.1, 0.15) is 0 Å². The monoisotopic (exact) mass is 253 g/mol. The summed E-state index contributed by atoms with van der Waals surface area (Å²) in [6, 6.07) is 10.6. The first-order valence-electron chi connectivity index (χ1n) is 5.92. The Kier molecular flexibility index (Phi) is 3.27. The molecule has 2 rings (SSSR count). The van der Waals surface area contributed by atoms with Crippen LogP contribution in [0.3, 0.4) is 0 Å². The standard InChI is InChI=1S/C13H19NO2S/c1-10(12-7-5-4-6-8-12)14(3)13-9-17(15,16)11(13)2/h4-8,10-11,13H,9H2,1-3H3/t10-,11-,13+/m0/s1. The van der Waals surface area contributed by atoms with Gasteiger partial charge in [-0.1, -0.05) is 30.3 Å². The van der Waals surface area contributed by atoms with Crippen LogP contribution in [0, 0.1) is 0 Å². The lowest BCUT2D eigenvalue weighted by molar-refractivity contribution is 0.182. The molecule has 0 aliphatic carbocycles. The predicted molar refractivity (Wildman–Crippen MR) is 69.7 cm³/mol. The van der Waals surface area contributed by atoms with Crippen molar-refractivity contribution in [1.29, 1.82) is 0 Å². The molecule has 17 heavy (non-hydrogen) atoms. The number of sulfone groups is 1. The Labute approximate surface area is 103 Å². The molecule has 0 aromatic heterocycles. The van der Waals surface area contributed by atoms with Gasteiger partial charge in [-0.25, -0.2) is 8.42 Å². The molecule has 4 heteroatoms. The summed E-state index contributed by atoms with van der Waals surface area (Å²) in [5, 5.41) is -0.237. The van der Waals surface area contributed by atoms with E-state index >= 15 is 0 Å². The number of rotatable bonds is 3. The maximum Gasteiger partial charge on any atom is 0.156 e. The number of nitrogens with zero attached hydrogens (tertiary/aromatic N) is 1. The van der Waals surface area contributed by atoms with Crippen molar-refractivity contribution >= 4 is 9.84 Å². The van der Waals surface area contributed by atoms with E-state index in [9.17, 15) is 8.42 Å². The molecule has 1 heterocycles. The second kappa shape index (κ2) is 4.42. The molecule has 1 aromatic carbocycles. The average Bonchev–Trinajstić information content (AvgIpc) is 2.35. The number of hydrogen-bond donors (Lipinski definition) is 0. The fraction of sp³-hybridized carbons (Fsp3) is 0.538. The molecule has 0 N–H and O–H groups in total. The highest BCUT2D eigenvalue weighted by Crippen LogP contribution is 2.30. The lowest BCUT2D eigenvalue weighted by atomic mass is 10.0. The summed E-state index contributed by atoms with van der Waals surface area (Å²) in [5.41, 5.74) is 1.23. The Morgan fingerprint density at radius 3 is 2.35 bits per heavy atom. The Morgan fingerprint density at radius 1 is 1.29 bits per heavy atom. The Balaban J connectivity index is 2.10. The first-order valence-corrected chi connectivity index (χ1v) is 7.63. The van der Waals surface area contributed by atoms with Crippen LogP contribution in [0.25, 0.3) is 0 Å². The third-order valence-corrected chi connectivity index (χ3v) is 6.18. The van der Waals surface area contributed by atoms with Crippen LogP contribution in [-0.2, 0) is 9.84 Å². The van der Waals surface area contributed by atoms with Crippen molar-refractivity contribution in [2.24, 2.45) is 0 Å². The van der Waals surface area contributed by atoms with E-state index < -0.39 is 9.84 Å². The van der Waals surface area contributed by atoms with Crippen molar-refractivity contribution in [1.82, 2.24) is 4.90 Å². The van der Waals surface area contributed by atoms with E-state index in [0.29, 0.717) is 5.75 Å². The quantitative estimate of drug-likeness (QED) is 0.825. The first kappa shape index (κ1) is 12.6. The third-order valence-electron chi connectivity index (χ3n) is 3.93. The average molecular weight is 253 g/mol. The van der Waals surface area contributed by atoms with Crippen LogP contribution in [0.4, 0.5) is 0 Å². The van der Waals surface area contributed by atoms with Crippen LogP contribution in [0.15, 0.2) is 30.3 Å². The van der Waals surface area contributed by atoms with E-state index in [1.165, 1.54) is 5.56 Å². The van der Waals surface area contributed by atoms with Gasteiger partial charge in [0.05, 0.1) is 11.0 Å². The van der Waals surface area contributed by atoms with Gasteiger partial charge in [-0.15, -0.1) is 0 Å². The van der Waals surface area contributed by atoms with Gasteiger partial charge in [0.15, 0.2) is 9.84 Å².